The number of aliphatic hydroxyl groups excluding tert-OH is 7. The van der Waals surface area contributed by atoms with Crippen molar-refractivity contribution in [2.75, 3.05) is 6.61 Å². The van der Waals surface area contributed by atoms with Crippen LogP contribution in [0.3, 0.4) is 0 Å². The number of hydrogen-bond acceptors (Lipinski definition) is 9. The first-order valence-corrected chi connectivity index (χ1v) is 16.9. The van der Waals surface area contributed by atoms with Crippen LogP contribution < -0.4 is 0 Å². The highest BCUT2D eigenvalue weighted by Crippen LogP contribution is 2.76. The lowest BCUT2D eigenvalue weighted by Gasteiger charge is -2.74. The van der Waals surface area contributed by atoms with Crippen molar-refractivity contribution in [1.82, 2.24) is 0 Å². The van der Waals surface area contributed by atoms with Crippen LogP contribution in [0.4, 0.5) is 0 Å². The van der Waals surface area contributed by atoms with Gasteiger partial charge in [0.1, 0.15) is 18.3 Å². The first kappa shape index (κ1) is 32.6. The maximum atomic E-state index is 12.0. The quantitative estimate of drug-likeness (QED) is 0.233. The number of rotatable bonds is 2. The average molecular weight is 611 g/mol. The van der Waals surface area contributed by atoms with Gasteiger partial charge in [0.2, 0.25) is 0 Å². The maximum Gasteiger partial charge on any atom is 0.186 e. The minimum Gasteiger partial charge on any atom is -0.393 e. The van der Waals surface area contributed by atoms with E-state index < -0.39 is 66.0 Å². The fourth-order valence-electron chi connectivity index (χ4n) is 12.9. The zero-order valence-electron chi connectivity index (χ0n) is 27.2. The monoisotopic (exact) mass is 610 g/mol. The van der Waals surface area contributed by atoms with Crippen LogP contribution in [0, 0.1) is 56.7 Å². The van der Waals surface area contributed by atoms with E-state index in [0.717, 1.165) is 25.7 Å². The van der Waals surface area contributed by atoms with Gasteiger partial charge in [0, 0.05) is 0 Å². The van der Waals surface area contributed by atoms with E-state index in [1.54, 1.807) is 0 Å². The molecule has 248 valence electrons. The summed E-state index contributed by atoms with van der Waals surface area (Å²) in [6.45, 7) is 15.1. The zero-order chi connectivity index (χ0) is 31.7. The molecule has 0 amide bonds. The van der Waals surface area contributed by atoms with E-state index in [0.29, 0.717) is 25.2 Å². The molecule has 5 aliphatic carbocycles. The van der Waals surface area contributed by atoms with Gasteiger partial charge in [-0.3, -0.25) is 0 Å². The van der Waals surface area contributed by atoms with Crippen LogP contribution in [0.5, 0.6) is 0 Å². The molecule has 0 radical (unpaired) electrons. The first-order valence-electron chi connectivity index (χ1n) is 16.9. The summed E-state index contributed by atoms with van der Waals surface area (Å²) in [5.41, 5.74) is -1.80. The molecular formula is C34H58O9. The molecule has 0 aromatic rings. The van der Waals surface area contributed by atoms with Gasteiger partial charge in [-0.15, -0.1) is 0 Å². The Morgan fingerprint density at radius 3 is 2.05 bits per heavy atom. The van der Waals surface area contributed by atoms with Crippen LogP contribution in [0.25, 0.3) is 0 Å². The second-order valence-corrected chi connectivity index (χ2v) is 17.6. The summed E-state index contributed by atoms with van der Waals surface area (Å²) >= 11 is 0. The molecular weight excluding hydrogens is 552 g/mol. The molecule has 0 aromatic heterocycles. The van der Waals surface area contributed by atoms with Gasteiger partial charge in [-0.25, -0.2) is 0 Å². The summed E-state index contributed by atoms with van der Waals surface area (Å²) in [7, 11) is 0. The summed E-state index contributed by atoms with van der Waals surface area (Å²) < 4.78 is 12.4. The Morgan fingerprint density at radius 2 is 1.37 bits per heavy atom. The van der Waals surface area contributed by atoms with E-state index in [4.69, 9.17) is 9.47 Å². The molecule has 1 aliphatic heterocycles. The largest absolute Gasteiger partial charge is 0.393 e. The minimum absolute atomic E-state index is 0.0188. The van der Waals surface area contributed by atoms with Crippen LogP contribution in [0.2, 0.25) is 0 Å². The minimum atomic E-state index is -1.42. The van der Waals surface area contributed by atoms with Crippen LogP contribution in [-0.2, 0) is 9.47 Å². The Morgan fingerprint density at radius 1 is 0.698 bits per heavy atom. The van der Waals surface area contributed by atoms with Crippen molar-refractivity contribution in [2.24, 2.45) is 56.7 Å². The van der Waals surface area contributed by atoms with Gasteiger partial charge in [0.15, 0.2) is 6.29 Å². The molecule has 1 saturated heterocycles. The molecule has 0 spiro atoms. The molecule has 17 atom stereocenters. The van der Waals surface area contributed by atoms with E-state index in [2.05, 4.69) is 34.6 Å². The summed E-state index contributed by atoms with van der Waals surface area (Å²) in [6.07, 6.45) is -3.12. The van der Waals surface area contributed by atoms with Gasteiger partial charge in [-0.1, -0.05) is 48.5 Å². The molecule has 0 bridgehead atoms. The lowest BCUT2D eigenvalue weighted by molar-refractivity contribution is -0.331. The third kappa shape index (κ3) is 4.35. The summed E-state index contributed by atoms with van der Waals surface area (Å²) in [6, 6.07) is 0. The average Bonchev–Trinajstić information content (AvgIpc) is 2.90. The highest BCUT2D eigenvalue weighted by molar-refractivity contribution is 5.21. The van der Waals surface area contributed by atoms with E-state index in [1.165, 1.54) is 0 Å². The molecule has 1 heterocycles. The van der Waals surface area contributed by atoms with Crippen LogP contribution >= 0.6 is 0 Å². The zero-order valence-corrected chi connectivity index (χ0v) is 27.2. The molecule has 7 N–H and O–H groups in total. The van der Waals surface area contributed by atoms with E-state index >= 15 is 0 Å². The normalized spacial score (nSPS) is 59.3. The molecule has 9 nitrogen and oxygen atoms in total. The smallest absolute Gasteiger partial charge is 0.186 e. The van der Waals surface area contributed by atoms with Crippen molar-refractivity contribution in [2.45, 2.75) is 149 Å². The third-order valence-electron chi connectivity index (χ3n) is 15.1. The topological polar surface area (TPSA) is 160 Å². The molecule has 43 heavy (non-hydrogen) atoms. The SMILES string of the molecule is CC1(C)C2[C@@H](O)C[C@]3(C)[C@H](CC[C@@H]4C5C[C@@H](O)[C@H](O)C(C)(C)[C@@H]5[C@H](OC5OC[C@@H](O)[C@@H](O)[C@@H]5O)C[C@]43C)[C@@]2(C)CC[C@@H]1O. The van der Waals surface area contributed by atoms with Gasteiger partial charge >= 0.3 is 0 Å². The van der Waals surface area contributed by atoms with Crippen molar-refractivity contribution in [3.8, 4) is 0 Å². The second kappa shape index (κ2) is 10.3. The summed E-state index contributed by atoms with van der Waals surface area (Å²) in [5.74, 6) is 0.441. The lowest BCUT2D eigenvalue weighted by Crippen LogP contribution is -2.72. The molecule has 5 saturated carbocycles. The Balaban J connectivity index is 1.42. The summed E-state index contributed by atoms with van der Waals surface area (Å²) in [4.78, 5) is 0. The molecule has 3 unspecified atom stereocenters. The maximum absolute atomic E-state index is 12.0. The Bertz CT molecular complexity index is 1070. The van der Waals surface area contributed by atoms with Crippen molar-refractivity contribution in [1.29, 1.82) is 0 Å². The molecule has 6 aliphatic rings. The number of fused-ring (bicyclic) bond motifs is 7. The molecule has 0 aromatic carbocycles. The standard InChI is InChI=1S/C34H58O9/c1-30(2)23(38)10-11-32(5)22-9-8-17-16-12-18(35)28(41)31(3,4)24(16)21(43-29-26(40)25(39)20(37)15-42-29)14-33(17,6)34(22,7)13-19(36)27(30)32/h16-29,35-41H,8-15H2,1-7H3/t16?,17-,18-,19+,20-,21-,22-,23+,24+,25-,26+,27?,28+,29?,32-,33-,34-/m1/s1. The van der Waals surface area contributed by atoms with Crippen LogP contribution in [0.1, 0.15) is 93.4 Å². The van der Waals surface area contributed by atoms with E-state index in [-0.39, 0.29) is 46.5 Å². The van der Waals surface area contributed by atoms with E-state index in [9.17, 15) is 35.7 Å². The number of aliphatic hydroxyl groups is 7. The van der Waals surface area contributed by atoms with Gasteiger partial charge in [0.25, 0.3) is 0 Å². The Kier molecular flexibility index (Phi) is 7.82. The van der Waals surface area contributed by atoms with Gasteiger partial charge in [-0.05, 0) is 102 Å². The lowest BCUT2D eigenvalue weighted by atomic mass is 9.31. The van der Waals surface area contributed by atoms with Crippen molar-refractivity contribution in [3.63, 3.8) is 0 Å². The van der Waals surface area contributed by atoms with Gasteiger partial charge < -0.3 is 45.2 Å². The van der Waals surface area contributed by atoms with Crippen molar-refractivity contribution in [3.05, 3.63) is 0 Å². The highest BCUT2D eigenvalue weighted by atomic mass is 16.7. The Labute approximate surface area is 257 Å². The Hall–Kier alpha value is -0.360. The predicted octanol–water partition coefficient (Wildman–Crippen LogP) is 2.21. The third-order valence-corrected chi connectivity index (χ3v) is 15.1. The molecule has 6 rings (SSSR count). The van der Waals surface area contributed by atoms with Crippen molar-refractivity contribution >= 4 is 0 Å². The number of hydrogen-bond donors (Lipinski definition) is 7. The van der Waals surface area contributed by atoms with Crippen molar-refractivity contribution < 1.29 is 45.2 Å². The fraction of sp³-hybridized carbons (Fsp3) is 1.00. The van der Waals surface area contributed by atoms with E-state index in [1.807, 2.05) is 13.8 Å². The summed E-state index contributed by atoms with van der Waals surface area (Å²) in [5, 5.41) is 76.9. The molecule has 9 heteroatoms. The fourth-order valence-corrected chi connectivity index (χ4v) is 12.9. The van der Waals surface area contributed by atoms with Gasteiger partial charge in [-0.2, -0.15) is 0 Å². The van der Waals surface area contributed by atoms with Crippen LogP contribution in [-0.4, -0.2) is 97.5 Å². The predicted molar refractivity (Wildman–Crippen MR) is 158 cm³/mol. The molecule has 6 fully saturated rings. The highest BCUT2D eigenvalue weighted by Gasteiger charge is 2.73. The first-order chi connectivity index (χ1) is 19.8. The van der Waals surface area contributed by atoms with Crippen LogP contribution in [0.15, 0.2) is 0 Å². The number of ether oxygens (including phenoxy) is 2. The van der Waals surface area contributed by atoms with Gasteiger partial charge in [0.05, 0.1) is 37.1 Å². The second-order valence-electron chi connectivity index (χ2n) is 17.6.